The first-order chi connectivity index (χ1) is 12.2. The molecule has 0 spiro atoms. The molecule has 1 atom stereocenters. The first-order valence-corrected chi connectivity index (χ1v) is 9.11. The summed E-state index contributed by atoms with van der Waals surface area (Å²) in [4.78, 5) is 26.6. The molecule has 1 amide bonds. The van der Waals surface area contributed by atoms with Crippen molar-refractivity contribution in [3.05, 3.63) is 46.4 Å². The lowest BCUT2D eigenvalue weighted by Crippen LogP contribution is -2.36. The van der Waals surface area contributed by atoms with Gasteiger partial charge in [-0.05, 0) is 31.7 Å². The maximum Gasteiger partial charge on any atom is 0.250 e. The number of likely N-dealkylation sites (tertiary alicyclic amines) is 1. The van der Waals surface area contributed by atoms with Gasteiger partial charge in [0.1, 0.15) is 12.4 Å². The zero-order valence-electron chi connectivity index (χ0n) is 14.3. The van der Waals surface area contributed by atoms with Crippen molar-refractivity contribution >= 4 is 5.91 Å². The van der Waals surface area contributed by atoms with Crippen LogP contribution in [0.1, 0.15) is 49.8 Å². The summed E-state index contributed by atoms with van der Waals surface area (Å²) in [5.74, 6) is 1.94. The minimum absolute atomic E-state index is 0.0220. The van der Waals surface area contributed by atoms with Crippen LogP contribution in [0.3, 0.4) is 0 Å². The minimum Gasteiger partial charge on any atom is -0.331 e. The Balaban J connectivity index is 1.57. The smallest absolute Gasteiger partial charge is 0.250 e. The number of amides is 1. The molecule has 2 aromatic heterocycles. The van der Waals surface area contributed by atoms with Crippen LogP contribution in [0, 0.1) is 0 Å². The molecule has 0 saturated carbocycles. The summed E-state index contributed by atoms with van der Waals surface area (Å²) in [5.41, 5.74) is -0.150. The van der Waals surface area contributed by atoms with Crippen LogP contribution in [-0.2, 0) is 24.3 Å². The van der Waals surface area contributed by atoms with E-state index in [2.05, 4.69) is 14.8 Å². The quantitative estimate of drug-likeness (QED) is 0.849. The molecule has 132 valence electrons. The SMILES string of the molecule is O=C(Cn1ccccc1=O)N1CCC[C@H]1c1nnc2n1CCCCC2. The van der Waals surface area contributed by atoms with Crippen molar-refractivity contribution in [3.63, 3.8) is 0 Å². The van der Waals surface area contributed by atoms with Crippen molar-refractivity contribution in [2.75, 3.05) is 6.54 Å². The molecule has 4 heterocycles. The maximum absolute atomic E-state index is 12.8. The highest BCUT2D eigenvalue weighted by molar-refractivity contribution is 5.76. The molecule has 1 fully saturated rings. The highest BCUT2D eigenvalue weighted by Crippen LogP contribution is 2.32. The third-order valence-corrected chi connectivity index (χ3v) is 5.21. The molecular formula is C18H23N5O2. The zero-order chi connectivity index (χ0) is 17.2. The van der Waals surface area contributed by atoms with Gasteiger partial charge in [0.2, 0.25) is 5.91 Å². The van der Waals surface area contributed by atoms with Crippen LogP contribution in [-0.4, -0.2) is 36.7 Å². The molecule has 2 aliphatic rings. The monoisotopic (exact) mass is 341 g/mol. The van der Waals surface area contributed by atoms with Gasteiger partial charge in [-0.15, -0.1) is 10.2 Å². The minimum atomic E-state index is -0.150. The highest BCUT2D eigenvalue weighted by atomic mass is 16.2. The Kier molecular flexibility index (Phi) is 4.38. The van der Waals surface area contributed by atoms with E-state index in [-0.39, 0.29) is 24.1 Å². The fourth-order valence-electron chi connectivity index (χ4n) is 3.92. The number of carbonyl (C=O) groups is 1. The number of rotatable bonds is 3. The summed E-state index contributed by atoms with van der Waals surface area (Å²) in [5, 5.41) is 8.80. The summed E-state index contributed by atoms with van der Waals surface area (Å²) in [6.07, 6.45) is 8.00. The molecule has 25 heavy (non-hydrogen) atoms. The number of nitrogens with zero attached hydrogens (tertiary/aromatic N) is 5. The summed E-state index contributed by atoms with van der Waals surface area (Å²) in [6, 6.07) is 4.92. The Morgan fingerprint density at radius 2 is 2.04 bits per heavy atom. The molecule has 2 aliphatic heterocycles. The van der Waals surface area contributed by atoms with Crippen molar-refractivity contribution in [1.29, 1.82) is 0 Å². The molecule has 4 rings (SSSR count). The molecule has 0 aromatic carbocycles. The Hall–Kier alpha value is -2.44. The first kappa shape index (κ1) is 16.1. The van der Waals surface area contributed by atoms with E-state index in [9.17, 15) is 9.59 Å². The molecule has 0 N–H and O–H groups in total. The average molecular weight is 341 g/mol. The van der Waals surface area contributed by atoms with E-state index in [0.717, 1.165) is 50.3 Å². The summed E-state index contributed by atoms with van der Waals surface area (Å²) in [6.45, 7) is 1.73. The van der Waals surface area contributed by atoms with Gasteiger partial charge in [0.05, 0.1) is 6.04 Å². The Morgan fingerprint density at radius 3 is 2.92 bits per heavy atom. The lowest BCUT2D eigenvalue weighted by atomic mass is 10.2. The van der Waals surface area contributed by atoms with Crippen molar-refractivity contribution in [1.82, 2.24) is 24.2 Å². The lowest BCUT2D eigenvalue weighted by Gasteiger charge is -2.25. The highest BCUT2D eigenvalue weighted by Gasteiger charge is 2.34. The topological polar surface area (TPSA) is 73.0 Å². The third kappa shape index (κ3) is 3.10. The fraction of sp³-hybridized carbons (Fsp3) is 0.556. The van der Waals surface area contributed by atoms with E-state index in [0.29, 0.717) is 6.54 Å². The average Bonchev–Trinajstić information content (AvgIpc) is 3.18. The van der Waals surface area contributed by atoms with E-state index < -0.39 is 0 Å². The standard InChI is InChI=1S/C18H23N5O2/c24-16-9-3-5-10-21(16)13-17(25)22-12-6-7-14(22)18-20-19-15-8-2-1-4-11-23(15)18/h3,5,9-10,14H,1-2,4,6-8,11-13H2/t14-/m0/s1. The number of carbonyl (C=O) groups excluding carboxylic acids is 1. The first-order valence-electron chi connectivity index (χ1n) is 9.11. The molecular weight excluding hydrogens is 318 g/mol. The zero-order valence-corrected chi connectivity index (χ0v) is 14.3. The number of hydrogen-bond acceptors (Lipinski definition) is 4. The molecule has 1 saturated heterocycles. The largest absolute Gasteiger partial charge is 0.331 e. The number of aryl methyl sites for hydroxylation is 1. The van der Waals surface area contributed by atoms with Crippen LogP contribution in [0.2, 0.25) is 0 Å². The second-order valence-electron chi connectivity index (χ2n) is 6.85. The predicted molar refractivity (Wildman–Crippen MR) is 92.0 cm³/mol. The summed E-state index contributed by atoms with van der Waals surface area (Å²) >= 11 is 0. The van der Waals surface area contributed by atoms with Gasteiger partial charge in [0.15, 0.2) is 5.82 Å². The number of hydrogen-bond donors (Lipinski definition) is 0. The van der Waals surface area contributed by atoms with E-state index >= 15 is 0 Å². The second-order valence-corrected chi connectivity index (χ2v) is 6.85. The van der Waals surface area contributed by atoms with Gasteiger partial charge in [0, 0.05) is 31.8 Å². The van der Waals surface area contributed by atoms with E-state index in [1.165, 1.54) is 17.1 Å². The lowest BCUT2D eigenvalue weighted by molar-refractivity contribution is -0.133. The van der Waals surface area contributed by atoms with E-state index in [1.54, 1.807) is 18.3 Å². The van der Waals surface area contributed by atoms with Gasteiger partial charge >= 0.3 is 0 Å². The predicted octanol–water partition coefficient (Wildman–Crippen LogP) is 1.53. The van der Waals surface area contributed by atoms with Gasteiger partial charge in [-0.25, -0.2) is 0 Å². The molecule has 2 aromatic rings. The van der Waals surface area contributed by atoms with Crippen LogP contribution in [0.15, 0.2) is 29.2 Å². The maximum atomic E-state index is 12.8. The van der Waals surface area contributed by atoms with Gasteiger partial charge in [-0.1, -0.05) is 12.5 Å². The van der Waals surface area contributed by atoms with E-state index in [4.69, 9.17) is 0 Å². The molecule has 0 aliphatic carbocycles. The Bertz CT molecular complexity index is 825. The molecule has 0 unspecified atom stereocenters. The van der Waals surface area contributed by atoms with Gasteiger partial charge in [-0.3, -0.25) is 9.59 Å². The number of fused-ring (bicyclic) bond motifs is 1. The van der Waals surface area contributed by atoms with Crippen molar-refractivity contribution in [2.45, 2.75) is 57.7 Å². The third-order valence-electron chi connectivity index (χ3n) is 5.21. The normalized spacial score (nSPS) is 20.3. The van der Waals surface area contributed by atoms with E-state index in [1.807, 2.05) is 4.90 Å². The van der Waals surface area contributed by atoms with Crippen molar-refractivity contribution < 1.29 is 4.79 Å². The van der Waals surface area contributed by atoms with Crippen LogP contribution in [0.4, 0.5) is 0 Å². The van der Waals surface area contributed by atoms with Gasteiger partial charge < -0.3 is 14.0 Å². The summed E-state index contributed by atoms with van der Waals surface area (Å²) < 4.78 is 3.68. The van der Waals surface area contributed by atoms with Crippen molar-refractivity contribution in [3.8, 4) is 0 Å². The van der Waals surface area contributed by atoms with Gasteiger partial charge in [-0.2, -0.15) is 0 Å². The molecule has 0 bridgehead atoms. The number of aromatic nitrogens is 4. The van der Waals surface area contributed by atoms with Crippen LogP contribution in [0.5, 0.6) is 0 Å². The molecule has 0 radical (unpaired) electrons. The van der Waals surface area contributed by atoms with Crippen LogP contribution >= 0.6 is 0 Å². The second kappa shape index (κ2) is 6.82. The summed E-state index contributed by atoms with van der Waals surface area (Å²) in [7, 11) is 0. The van der Waals surface area contributed by atoms with Gasteiger partial charge in [0.25, 0.3) is 5.56 Å². The number of pyridine rings is 1. The Morgan fingerprint density at radius 1 is 1.12 bits per heavy atom. The fourth-order valence-corrected chi connectivity index (χ4v) is 3.92. The Labute approximate surface area is 146 Å². The van der Waals surface area contributed by atoms with Crippen LogP contribution in [0.25, 0.3) is 0 Å². The van der Waals surface area contributed by atoms with Crippen LogP contribution < -0.4 is 5.56 Å². The molecule has 7 nitrogen and oxygen atoms in total. The van der Waals surface area contributed by atoms with Crippen molar-refractivity contribution in [2.24, 2.45) is 0 Å². The molecule has 7 heteroatoms.